The topological polar surface area (TPSA) is 24.9 Å². The zero-order valence-electron chi connectivity index (χ0n) is 38.4. The van der Waals surface area contributed by atoms with Crippen molar-refractivity contribution < 1.29 is 9.47 Å². The minimum Gasteiger partial charge on any atom is -0.453 e. The summed E-state index contributed by atoms with van der Waals surface area (Å²) in [5.74, 6) is 3.44. The molecule has 0 bridgehead atoms. The van der Waals surface area contributed by atoms with Crippen LogP contribution in [0.1, 0.15) is 37.8 Å². The normalized spacial score (nSPS) is 14.9. The van der Waals surface area contributed by atoms with Gasteiger partial charge in [0.25, 0.3) is 0 Å². The Bertz CT molecular complexity index is 3780. The van der Waals surface area contributed by atoms with Crippen molar-refractivity contribution in [3.63, 3.8) is 0 Å². The summed E-state index contributed by atoms with van der Waals surface area (Å²) in [6.07, 6.45) is 6.21. The number of hydrogen-bond donors (Lipinski definition) is 0. The monoisotopic (exact) mass is 886 g/mol. The molecule has 4 nitrogen and oxygen atoms in total. The van der Waals surface area contributed by atoms with Crippen molar-refractivity contribution in [2.24, 2.45) is 0 Å². The number of ether oxygens (including phenoxy) is 2. The second-order valence-electron chi connectivity index (χ2n) is 19.1. The van der Waals surface area contributed by atoms with Crippen molar-refractivity contribution in [1.29, 1.82) is 0 Å². The molecule has 0 unspecified atom stereocenters. The molecule has 14 rings (SSSR count). The Morgan fingerprint density at radius 3 is 1.61 bits per heavy atom. The number of nitrogens with zero attached hydrogens (tertiary/aromatic N) is 2. The van der Waals surface area contributed by atoms with E-state index in [1.165, 1.54) is 77.3 Å². The smallest absolute Gasteiger partial charge is 0.151 e. The lowest BCUT2D eigenvalue weighted by Crippen LogP contribution is -2.25. The molecular weight excluding hydrogens is 841 g/mol. The Labute approximate surface area is 402 Å². The van der Waals surface area contributed by atoms with E-state index in [1.54, 1.807) is 0 Å². The molecule has 10 aromatic rings. The highest BCUT2D eigenvalue weighted by Crippen LogP contribution is 2.54. The van der Waals surface area contributed by atoms with E-state index in [9.17, 15) is 0 Å². The molecule has 0 saturated carbocycles. The number of hydrogen-bond acceptors (Lipinski definition) is 4. The molecule has 0 radical (unpaired) electrons. The Morgan fingerprint density at radius 2 is 0.928 bits per heavy atom. The highest BCUT2D eigenvalue weighted by atomic mass is 16.5. The Kier molecular flexibility index (Phi) is 8.72. The Hall–Kier alpha value is -8.60. The van der Waals surface area contributed by atoms with Crippen LogP contribution in [0.2, 0.25) is 0 Å². The molecule has 4 heteroatoms. The van der Waals surface area contributed by atoms with Crippen LogP contribution >= 0.6 is 0 Å². The minimum absolute atomic E-state index is 0.0374. The van der Waals surface area contributed by atoms with Crippen LogP contribution in [0.5, 0.6) is 17.2 Å². The van der Waals surface area contributed by atoms with Gasteiger partial charge in [0.2, 0.25) is 0 Å². The van der Waals surface area contributed by atoms with Crippen LogP contribution in [0.15, 0.2) is 230 Å². The average Bonchev–Trinajstić information content (AvgIpc) is 3.63. The SMILES string of the molecule is CC1(C)c2ccccc2-c2cc(-c3ccc(-c4c5ccc(N6C7=C(C=CCC7)Oc7ccccc76)cc5c(-c5ccccc5)c5ccc(N6c7ccccc7Oc7ccccc76)cc45)cc3)ccc21. The van der Waals surface area contributed by atoms with Gasteiger partial charge in [-0.25, -0.2) is 0 Å². The van der Waals surface area contributed by atoms with Gasteiger partial charge in [0.05, 0.1) is 22.8 Å². The highest BCUT2D eigenvalue weighted by Gasteiger charge is 2.35. The summed E-state index contributed by atoms with van der Waals surface area (Å²) in [7, 11) is 0. The maximum Gasteiger partial charge on any atom is 0.151 e. The lowest BCUT2D eigenvalue weighted by atomic mass is 9.82. The third-order valence-corrected chi connectivity index (χ3v) is 14.9. The lowest BCUT2D eigenvalue weighted by Gasteiger charge is -2.36. The lowest BCUT2D eigenvalue weighted by molar-refractivity contribution is 0.421. The summed E-state index contributed by atoms with van der Waals surface area (Å²) < 4.78 is 13.0. The first-order valence-electron chi connectivity index (χ1n) is 24.0. The Morgan fingerprint density at radius 1 is 0.406 bits per heavy atom. The van der Waals surface area contributed by atoms with Gasteiger partial charge < -0.3 is 19.3 Å². The van der Waals surface area contributed by atoms with E-state index in [1.807, 2.05) is 12.1 Å². The maximum atomic E-state index is 6.54. The van der Waals surface area contributed by atoms with Crippen LogP contribution in [0.25, 0.3) is 66.1 Å². The van der Waals surface area contributed by atoms with Crippen molar-refractivity contribution in [1.82, 2.24) is 0 Å². The molecule has 69 heavy (non-hydrogen) atoms. The second kappa shape index (κ2) is 15.2. The van der Waals surface area contributed by atoms with Crippen molar-refractivity contribution in [2.75, 3.05) is 9.80 Å². The molecule has 328 valence electrons. The molecule has 0 spiro atoms. The molecule has 10 aromatic carbocycles. The van der Waals surface area contributed by atoms with Crippen LogP contribution in [-0.4, -0.2) is 0 Å². The number of benzene rings is 10. The third-order valence-electron chi connectivity index (χ3n) is 14.9. The molecule has 0 amide bonds. The number of fused-ring (bicyclic) bond motifs is 8. The minimum atomic E-state index is -0.0374. The third kappa shape index (κ3) is 6.08. The summed E-state index contributed by atoms with van der Waals surface area (Å²) in [5, 5.41) is 4.74. The van der Waals surface area contributed by atoms with E-state index in [2.05, 4.69) is 230 Å². The Balaban J connectivity index is 1.01. The largest absolute Gasteiger partial charge is 0.453 e. The van der Waals surface area contributed by atoms with Crippen molar-refractivity contribution >= 4 is 50.0 Å². The molecule has 0 N–H and O–H groups in total. The molecular formula is C65H46N2O2. The first kappa shape index (κ1) is 39.6. The van der Waals surface area contributed by atoms with Gasteiger partial charge in [-0.05, 0) is 163 Å². The quantitative estimate of drug-likeness (QED) is 0.161. The van der Waals surface area contributed by atoms with Gasteiger partial charge in [-0.3, -0.25) is 0 Å². The van der Waals surface area contributed by atoms with E-state index in [0.29, 0.717) is 0 Å². The molecule has 2 aliphatic carbocycles. The molecule has 0 fully saturated rings. The van der Waals surface area contributed by atoms with Gasteiger partial charge in [0, 0.05) is 16.8 Å². The van der Waals surface area contributed by atoms with Crippen molar-refractivity contribution in [2.45, 2.75) is 32.1 Å². The van der Waals surface area contributed by atoms with Crippen molar-refractivity contribution in [3.05, 3.63) is 241 Å². The number of allylic oxidation sites excluding steroid dienone is 3. The van der Waals surface area contributed by atoms with E-state index in [4.69, 9.17) is 9.47 Å². The van der Waals surface area contributed by atoms with Crippen LogP contribution in [0.3, 0.4) is 0 Å². The first-order valence-corrected chi connectivity index (χ1v) is 24.0. The van der Waals surface area contributed by atoms with E-state index in [0.717, 1.165) is 69.8 Å². The summed E-state index contributed by atoms with van der Waals surface area (Å²) in [6, 6.07) is 75.4. The fourth-order valence-electron chi connectivity index (χ4n) is 11.7. The molecule has 0 aromatic heterocycles. The van der Waals surface area contributed by atoms with Gasteiger partial charge in [-0.1, -0.05) is 159 Å². The predicted molar refractivity (Wildman–Crippen MR) is 285 cm³/mol. The zero-order valence-corrected chi connectivity index (χ0v) is 38.4. The van der Waals surface area contributed by atoms with Gasteiger partial charge in [0.1, 0.15) is 5.76 Å². The molecule has 0 atom stereocenters. The number of anilines is 5. The van der Waals surface area contributed by atoms with Crippen LogP contribution in [-0.2, 0) is 5.41 Å². The predicted octanol–water partition coefficient (Wildman–Crippen LogP) is 18.0. The molecule has 2 aliphatic heterocycles. The molecule has 0 saturated heterocycles. The fourth-order valence-corrected chi connectivity index (χ4v) is 11.7. The molecule has 2 heterocycles. The first-order chi connectivity index (χ1) is 34.0. The van der Waals surface area contributed by atoms with E-state index >= 15 is 0 Å². The van der Waals surface area contributed by atoms with E-state index < -0.39 is 0 Å². The average molecular weight is 887 g/mol. The van der Waals surface area contributed by atoms with Gasteiger partial charge in [0.15, 0.2) is 17.2 Å². The highest BCUT2D eigenvalue weighted by molar-refractivity contribution is 6.22. The summed E-state index contributed by atoms with van der Waals surface area (Å²) in [4.78, 5) is 4.78. The van der Waals surface area contributed by atoms with Gasteiger partial charge in [-0.15, -0.1) is 0 Å². The van der Waals surface area contributed by atoms with Crippen LogP contribution < -0.4 is 19.3 Å². The summed E-state index contributed by atoms with van der Waals surface area (Å²) in [5.41, 5.74) is 19.0. The summed E-state index contributed by atoms with van der Waals surface area (Å²) >= 11 is 0. The summed E-state index contributed by atoms with van der Waals surface area (Å²) in [6.45, 7) is 4.69. The van der Waals surface area contributed by atoms with Crippen LogP contribution in [0, 0.1) is 0 Å². The number of para-hydroxylation sites is 6. The second-order valence-corrected chi connectivity index (χ2v) is 19.1. The van der Waals surface area contributed by atoms with E-state index in [-0.39, 0.29) is 5.41 Å². The van der Waals surface area contributed by atoms with Crippen LogP contribution in [0.4, 0.5) is 28.4 Å². The number of rotatable bonds is 5. The van der Waals surface area contributed by atoms with Gasteiger partial charge in [-0.2, -0.15) is 0 Å². The fraction of sp³-hybridized carbons (Fsp3) is 0.0769. The zero-order chi connectivity index (χ0) is 45.8. The maximum absolute atomic E-state index is 6.54. The molecule has 4 aliphatic rings. The van der Waals surface area contributed by atoms with Gasteiger partial charge >= 0.3 is 0 Å². The standard InChI is InChI=1S/C65H46N2O2/c1-65(2)53-19-7-6-18-47(53)50-38-44(32-37-54(50)65)41-28-30-43(31-29-41)64-49-36-34-45(66-55-20-8-12-24-59(55)68-60-25-13-9-21-56(60)66)39-51(49)63(42-16-4-3-5-17-42)48-35-33-46(40-52(48)64)67-57-22-10-14-26-61(57)69-62-27-15-11-23-58(62)67/h3-8,10-20,22-40H,9,21H2,1-2H3. The van der Waals surface area contributed by atoms with Crippen molar-refractivity contribution in [3.8, 4) is 61.8 Å².